The number of rotatable bonds is 9. The highest BCUT2D eigenvalue weighted by Crippen LogP contribution is 2.28. The third-order valence-corrected chi connectivity index (χ3v) is 6.13. The van der Waals surface area contributed by atoms with Gasteiger partial charge in [-0.2, -0.15) is 4.98 Å². The van der Waals surface area contributed by atoms with E-state index in [1.54, 1.807) is 0 Å². The summed E-state index contributed by atoms with van der Waals surface area (Å²) in [5, 5.41) is 8.29. The molecule has 0 radical (unpaired) electrons. The average molecular weight is 434 g/mol. The highest BCUT2D eigenvalue weighted by Gasteiger charge is 2.22. The number of anilines is 2. The number of fused-ring (bicyclic) bond motifs is 1. The Morgan fingerprint density at radius 1 is 0.969 bits per heavy atom. The Morgan fingerprint density at radius 3 is 2.44 bits per heavy atom. The largest absolute Gasteiger partial charge is 0.489 e. The highest BCUT2D eigenvalue weighted by atomic mass is 16.5. The Balaban J connectivity index is 1.23. The van der Waals surface area contributed by atoms with Crippen LogP contribution in [0, 0.1) is 5.92 Å². The van der Waals surface area contributed by atoms with Crippen molar-refractivity contribution >= 4 is 22.7 Å². The number of hydrogen-bond acceptors (Lipinski definition) is 6. The van der Waals surface area contributed by atoms with Gasteiger partial charge in [0.25, 0.3) is 0 Å². The third kappa shape index (κ3) is 5.88. The van der Waals surface area contributed by atoms with Crippen LogP contribution in [0.25, 0.3) is 10.9 Å². The average Bonchev–Trinajstić information content (AvgIpc) is 2.80. The fourth-order valence-electron chi connectivity index (χ4n) is 4.42. The number of para-hydroxylation sites is 2. The van der Waals surface area contributed by atoms with Gasteiger partial charge in [-0.05, 0) is 69.3 Å². The van der Waals surface area contributed by atoms with E-state index in [2.05, 4.69) is 34.6 Å². The van der Waals surface area contributed by atoms with E-state index >= 15 is 0 Å². The minimum atomic E-state index is 0.159. The van der Waals surface area contributed by atoms with Gasteiger partial charge in [-0.15, -0.1) is 0 Å². The van der Waals surface area contributed by atoms with Gasteiger partial charge in [0.15, 0.2) is 0 Å². The van der Waals surface area contributed by atoms with E-state index in [1.807, 2.05) is 56.6 Å². The summed E-state index contributed by atoms with van der Waals surface area (Å²) < 4.78 is 5.95. The number of benzene rings is 2. The monoisotopic (exact) mass is 433 g/mol. The summed E-state index contributed by atoms with van der Waals surface area (Å²) >= 11 is 0. The molecule has 1 unspecified atom stereocenters. The van der Waals surface area contributed by atoms with Crippen LogP contribution in [-0.2, 0) is 0 Å². The summed E-state index contributed by atoms with van der Waals surface area (Å²) in [6, 6.07) is 18.7. The number of ether oxygens (including phenoxy) is 1. The van der Waals surface area contributed by atoms with Crippen molar-refractivity contribution in [3.63, 3.8) is 0 Å². The van der Waals surface area contributed by atoms with Crippen LogP contribution >= 0.6 is 0 Å². The van der Waals surface area contributed by atoms with E-state index in [9.17, 15) is 0 Å². The molecular formula is C26H35N5O. The molecule has 1 aliphatic carbocycles. The van der Waals surface area contributed by atoms with Crippen LogP contribution in [0.15, 0.2) is 54.6 Å². The molecule has 32 heavy (non-hydrogen) atoms. The van der Waals surface area contributed by atoms with Gasteiger partial charge in [0.2, 0.25) is 5.95 Å². The Morgan fingerprint density at radius 2 is 1.69 bits per heavy atom. The van der Waals surface area contributed by atoms with Crippen molar-refractivity contribution in [3.05, 3.63) is 54.6 Å². The fraction of sp³-hybridized carbons (Fsp3) is 0.462. The first kappa shape index (κ1) is 22.3. The van der Waals surface area contributed by atoms with Crippen molar-refractivity contribution in [2.75, 3.05) is 37.4 Å². The molecule has 170 valence electrons. The second kappa shape index (κ2) is 10.6. The van der Waals surface area contributed by atoms with Gasteiger partial charge < -0.3 is 20.3 Å². The second-order valence-corrected chi connectivity index (χ2v) is 9.04. The zero-order chi connectivity index (χ0) is 22.3. The van der Waals surface area contributed by atoms with E-state index in [0.717, 1.165) is 54.3 Å². The van der Waals surface area contributed by atoms with Gasteiger partial charge in [-0.1, -0.05) is 30.3 Å². The molecule has 2 aromatic carbocycles. The normalized spacial score (nSPS) is 19.5. The van der Waals surface area contributed by atoms with E-state index in [4.69, 9.17) is 14.7 Å². The van der Waals surface area contributed by atoms with Crippen LogP contribution in [0.5, 0.6) is 5.75 Å². The summed E-state index contributed by atoms with van der Waals surface area (Å²) in [6.07, 6.45) is 4.89. The minimum absolute atomic E-state index is 0.159. The van der Waals surface area contributed by atoms with Crippen molar-refractivity contribution in [2.24, 2.45) is 5.92 Å². The summed E-state index contributed by atoms with van der Waals surface area (Å²) in [5.74, 6) is 3.34. The number of aromatic nitrogens is 2. The quantitative estimate of drug-likeness (QED) is 0.509. The molecule has 2 N–H and O–H groups in total. The zero-order valence-corrected chi connectivity index (χ0v) is 19.4. The first-order valence-electron chi connectivity index (χ1n) is 11.7. The van der Waals surface area contributed by atoms with Gasteiger partial charge in [-0.3, -0.25) is 0 Å². The van der Waals surface area contributed by atoms with Crippen LogP contribution in [-0.4, -0.2) is 49.3 Å². The maximum absolute atomic E-state index is 5.95. The predicted molar refractivity (Wildman–Crippen MR) is 133 cm³/mol. The molecule has 1 aliphatic rings. The third-order valence-electron chi connectivity index (χ3n) is 6.13. The van der Waals surface area contributed by atoms with E-state index in [-0.39, 0.29) is 6.10 Å². The summed E-state index contributed by atoms with van der Waals surface area (Å²) in [4.78, 5) is 11.6. The first-order chi connectivity index (χ1) is 15.6. The van der Waals surface area contributed by atoms with Crippen molar-refractivity contribution in [1.82, 2.24) is 15.3 Å². The SMILES string of the molecule is CC(CNC[C@H]1CC[C@@H](Nc2nc(N(C)C)c3ccccc3n2)CC1)Oc1ccccc1. The van der Waals surface area contributed by atoms with Crippen LogP contribution < -0.4 is 20.3 Å². The lowest BCUT2D eigenvalue weighted by Crippen LogP contribution is -2.35. The van der Waals surface area contributed by atoms with Gasteiger partial charge in [0.1, 0.15) is 17.7 Å². The molecule has 0 spiro atoms. The van der Waals surface area contributed by atoms with Gasteiger partial charge in [0.05, 0.1) is 5.52 Å². The maximum atomic E-state index is 5.95. The van der Waals surface area contributed by atoms with Crippen LogP contribution in [0.4, 0.5) is 11.8 Å². The standard InChI is InChI=1S/C26H35N5O/c1-19(32-22-9-5-4-6-10-22)17-27-18-20-13-15-21(16-14-20)28-26-29-24-12-8-7-11-23(24)25(30-26)31(2)3/h4-12,19-21,27H,13-18H2,1-3H3,(H,28,29,30)/t19?,20-,21+. The molecule has 0 amide bonds. The number of nitrogens with one attached hydrogen (secondary N) is 2. The number of hydrogen-bond donors (Lipinski definition) is 2. The fourth-order valence-corrected chi connectivity index (χ4v) is 4.42. The molecule has 1 fully saturated rings. The van der Waals surface area contributed by atoms with Crippen LogP contribution in [0.2, 0.25) is 0 Å². The molecule has 0 bridgehead atoms. The summed E-state index contributed by atoms with van der Waals surface area (Å²) in [5.41, 5.74) is 0.985. The lowest BCUT2D eigenvalue weighted by Gasteiger charge is -2.30. The van der Waals surface area contributed by atoms with Crippen molar-refractivity contribution < 1.29 is 4.74 Å². The maximum Gasteiger partial charge on any atom is 0.225 e. The highest BCUT2D eigenvalue weighted by molar-refractivity contribution is 5.90. The van der Waals surface area contributed by atoms with E-state index in [0.29, 0.717) is 12.0 Å². The second-order valence-electron chi connectivity index (χ2n) is 9.04. The summed E-state index contributed by atoms with van der Waals surface area (Å²) in [6.45, 7) is 4.03. The smallest absolute Gasteiger partial charge is 0.225 e. The Kier molecular flexibility index (Phi) is 7.43. The van der Waals surface area contributed by atoms with E-state index < -0.39 is 0 Å². The molecule has 6 nitrogen and oxygen atoms in total. The summed E-state index contributed by atoms with van der Waals surface area (Å²) in [7, 11) is 4.06. The molecule has 1 aromatic heterocycles. The molecule has 3 aromatic rings. The molecule has 0 saturated heterocycles. The first-order valence-corrected chi connectivity index (χ1v) is 11.7. The molecule has 1 saturated carbocycles. The molecule has 6 heteroatoms. The zero-order valence-electron chi connectivity index (χ0n) is 19.4. The van der Waals surface area contributed by atoms with E-state index in [1.165, 1.54) is 12.8 Å². The molecule has 1 heterocycles. The Hall–Kier alpha value is -2.86. The Labute approximate surface area is 191 Å². The van der Waals surface area contributed by atoms with Gasteiger partial charge >= 0.3 is 0 Å². The molecule has 1 atom stereocenters. The van der Waals surface area contributed by atoms with Crippen molar-refractivity contribution in [3.8, 4) is 5.75 Å². The predicted octanol–water partition coefficient (Wildman–Crippen LogP) is 4.72. The van der Waals surface area contributed by atoms with Gasteiger partial charge in [-0.25, -0.2) is 4.98 Å². The van der Waals surface area contributed by atoms with Crippen molar-refractivity contribution in [2.45, 2.75) is 44.8 Å². The minimum Gasteiger partial charge on any atom is -0.489 e. The topological polar surface area (TPSA) is 62.3 Å². The lowest BCUT2D eigenvalue weighted by atomic mass is 9.86. The molecule has 0 aliphatic heterocycles. The Bertz CT molecular complexity index is 986. The van der Waals surface area contributed by atoms with Crippen LogP contribution in [0.3, 0.4) is 0 Å². The van der Waals surface area contributed by atoms with Gasteiger partial charge in [0, 0.05) is 32.1 Å². The lowest BCUT2D eigenvalue weighted by molar-refractivity contribution is 0.210. The molecular weight excluding hydrogens is 398 g/mol. The van der Waals surface area contributed by atoms with Crippen molar-refractivity contribution in [1.29, 1.82) is 0 Å². The van der Waals surface area contributed by atoms with Crippen LogP contribution in [0.1, 0.15) is 32.6 Å². The number of nitrogens with zero attached hydrogens (tertiary/aromatic N) is 3. The molecule has 4 rings (SSSR count).